The standard InChI is InChI=1S/C20H14ClFN4O3S2/c21-13-3-6-15(19(27)24-10-12-1-4-14(22)5-2-12)17(9-13)26-31(28,29)20-16-11-25-30-18(16)7-8-23-20/h1-9,11,26H,10H2,(H,24,27). The zero-order chi connectivity index (χ0) is 22.0. The lowest BCUT2D eigenvalue weighted by Gasteiger charge is -2.13. The van der Waals surface area contributed by atoms with E-state index in [2.05, 4.69) is 19.4 Å². The van der Waals surface area contributed by atoms with E-state index < -0.39 is 15.9 Å². The number of amides is 1. The van der Waals surface area contributed by atoms with Crippen molar-refractivity contribution in [3.63, 3.8) is 0 Å². The van der Waals surface area contributed by atoms with Crippen LogP contribution in [-0.4, -0.2) is 23.7 Å². The van der Waals surface area contributed by atoms with E-state index in [9.17, 15) is 17.6 Å². The number of carbonyl (C=O) groups is 1. The quantitative estimate of drug-likeness (QED) is 0.434. The second-order valence-electron chi connectivity index (χ2n) is 6.46. The number of halogens is 2. The van der Waals surface area contributed by atoms with Gasteiger partial charge in [0.2, 0.25) is 0 Å². The maximum atomic E-state index is 13.0. The van der Waals surface area contributed by atoms with Gasteiger partial charge < -0.3 is 5.32 Å². The normalized spacial score (nSPS) is 11.4. The molecule has 0 spiro atoms. The number of benzene rings is 2. The summed E-state index contributed by atoms with van der Waals surface area (Å²) < 4.78 is 46.1. The van der Waals surface area contributed by atoms with Crippen molar-refractivity contribution in [2.75, 3.05) is 4.72 Å². The zero-order valence-electron chi connectivity index (χ0n) is 15.7. The van der Waals surface area contributed by atoms with Gasteiger partial charge in [-0.2, -0.15) is 12.8 Å². The molecule has 0 atom stereocenters. The van der Waals surface area contributed by atoms with Gasteiger partial charge in [0.25, 0.3) is 15.9 Å². The molecule has 31 heavy (non-hydrogen) atoms. The summed E-state index contributed by atoms with van der Waals surface area (Å²) in [4.78, 5) is 16.7. The van der Waals surface area contributed by atoms with Crippen LogP contribution in [0.4, 0.5) is 10.1 Å². The van der Waals surface area contributed by atoms with E-state index in [0.717, 1.165) is 11.5 Å². The Morgan fingerprint density at radius 1 is 1.13 bits per heavy atom. The molecule has 0 unspecified atom stereocenters. The second kappa shape index (κ2) is 8.58. The third-order valence-electron chi connectivity index (χ3n) is 4.34. The van der Waals surface area contributed by atoms with Crippen LogP contribution in [0.3, 0.4) is 0 Å². The fraction of sp³-hybridized carbons (Fsp3) is 0.0500. The van der Waals surface area contributed by atoms with Gasteiger partial charge in [-0.1, -0.05) is 23.7 Å². The van der Waals surface area contributed by atoms with Gasteiger partial charge in [-0.25, -0.2) is 9.37 Å². The Morgan fingerprint density at radius 2 is 1.90 bits per heavy atom. The van der Waals surface area contributed by atoms with Crippen molar-refractivity contribution < 1.29 is 17.6 Å². The molecule has 0 fully saturated rings. The molecule has 4 aromatic rings. The summed E-state index contributed by atoms with van der Waals surface area (Å²) in [6.45, 7) is 0.134. The number of aromatic nitrogens is 2. The molecule has 2 N–H and O–H groups in total. The minimum atomic E-state index is -4.13. The van der Waals surface area contributed by atoms with E-state index >= 15 is 0 Å². The molecule has 0 bridgehead atoms. The highest BCUT2D eigenvalue weighted by Crippen LogP contribution is 2.28. The maximum Gasteiger partial charge on any atom is 0.280 e. The average Bonchev–Trinajstić information content (AvgIpc) is 3.22. The van der Waals surface area contributed by atoms with Crippen LogP contribution in [0.25, 0.3) is 10.1 Å². The molecule has 7 nitrogen and oxygen atoms in total. The van der Waals surface area contributed by atoms with Gasteiger partial charge in [0.15, 0.2) is 5.03 Å². The van der Waals surface area contributed by atoms with Crippen molar-refractivity contribution in [1.29, 1.82) is 0 Å². The van der Waals surface area contributed by atoms with Crippen LogP contribution in [0.15, 0.2) is 66.0 Å². The summed E-state index contributed by atoms with van der Waals surface area (Å²) in [5.74, 6) is -0.906. The molecule has 2 aromatic heterocycles. The monoisotopic (exact) mass is 476 g/mol. The van der Waals surface area contributed by atoms with Crippen molar-refractivity contribution in [1.82, 2.24) is 14.7 Å². The van der Waals surface area contributed by atoms with E-state index in [0.29, 0.717) is 15.6 Å². The van der Waals surface area contributed by atoms with Crippen LogP contribution in [0.5, 0.6) is 0 Å². The van der Waals surface area contributed by atoms with E-state index in [4.69, 9.17) is 11.6 Å². The highest BCUT2D eigenvalue weighted by molar-refractivity contribution is 7.92. The average molecular weight is 477 g/mol. The molecule has 2 heterocycles. The molecule has 0 aliphatic carbocycles. The molecule has 158 valence electrons. The van der Waals surface area contributed by atoms with Crippen LogP contribution >= 0.6 is 23.1 Å². The van der Waals surface area contributed by atoms with Crippen LogP contribution in [0.1, 0.15) is 15.9 Å². The lowest BCUT2D eigenvalue weighted by atomic mass is 10.1. The molecule has 0 saturated heterocycles. The second-order valence-corrected chi connectivity index (χ2v) is 9.33. The maximum absolute atomic E-state index is 13.0. The molecule has 0 aliphatic heterocycles. The van der Waals surface area contributed by atoms with Gasteiger partial charge in [0, 0.05) is 17.8 Å². The first-order valence-corrected chi connectivity index (χ1v) is 11.5. The number of nitrogens with zero attached hydrogens (tertiary/aromatic N) is 2. The number of anilines is 1. The Labute approximate surface area is 186 Å². The lowest BCUT2D eigenvalue weighted by molar-refractivity contribution is 0.0952. The van der Waals surface area contributed by atoms with Crippen molar-refractivity contribution in [2.45, 2.75) is 11.6 Å². The van der Waals surface area contributed by atoms with Crippen molar-refractivity contribution in [3.8, 4) is 0 Å². The minimum Gasteiger partial charge on any atom is -0.348 e. The van der Waals surface area contributed by atoms with E-state index in [-0.39, 0.29) is 33.7 Å². The number of nitrogens with one attached hydrogen (secondary N) is 2. The highest BCUT2D eigenvalue weighted by atomic mass is 35.5. The molecule has 2 aromatic carbocycles. The predicted molar refractivity (Wildman–Crippen MR) is 117 cm³/mol. The Kier molecular flexibility index (Phi) is 5.86. The molecule has 0 radical (unpaired) electrons. The zero-order valence-corrected chi connectivity index (χ0v) is 18.1. The van der Waals surface area contributed by atoms with E-state index in [1.165, 1.54) is 42.7 Å². The molecule has 11 heteroatoms. The highest BCUT2D eigenvalue weighted by Gasteiger charge is 2.23. The van der Waals surface area contributed by atoms with E-state index in [1.54, 1.807) is 18.2 Å². The van der Waals surface area contributed by atoms with Crippen LogP contribution in [0.2, 0.25) is 5.02 Å². The van der Waals surface area contributed by atoms with Gasteiger partial charge in [0.05, 0.1) is 27.5 Å². The van der Waals surface area contributed by atoms with Crippen molar-refractivity contribution in [2.24, 2.45) is 0 Å². The van der Waals surface area contributed by atoms with Gasteiger partial charge in [-0.3, -0.25) is 9.52 Å². The molecular weight excluding hydrogens is 463 g/mol. The molecule has 0 aliphatic rings. The van der Waals surface area contributed by atoms with E-state index in [1.807, 2.05) is 0 Å². The summed E-state index contributed by atoms with van der Waals surface area (Å²) >= 11 is 7.18. The van der Waals surface area contributed by atoms with Gasteiger partial charge in [-0.15, -0.1) is 0 Å². The Morgan fingerprint density at radius 3 is 2.68 bits per heavy atom. The van der Waals surface area contributed by atoms with Crippen LogP contribution < -0.4 is 10.0 Å². The summed E-state index contributed by atoms with van der Waals surface area (Å²) in [7, 11) is -4.13. The van der Waals surface area contributed by atoms with Crippen LogP contribution in [0, 0.1) is 5.82 Å². The summed E-state index contributed by atoms with van der Waals surface area (Å²) in [6, 6.07) is 11.6. The van der Waals surface area contributed by atoms with Crippen LogP contribution in [-0.2, 0) is 16.6 Å². The lowest BCUT2D eigenvalue weighted by Crippen LogP contribution is -2.25. The predicted octanol–water partition coefficient (Wildman–Crippen LogP) is 4.21. The van der Waals surface area contributed by atoms with Gasteiger partial charge >= 0.3 is 0 Å². The molecular formula is C20H14ClFN4O3S2. The summed E-state index contributed by atoms with van der Waals surface area (Å²) in [5.41, 5.74) is 0.767. The summed E-state index contributed by atoms with van der Waals surface area (Å²) in [6.07, 6.45) is 2.80. The van der Waals surface area contributed by atoms with Crippen molar-refractivity contribution in [3.05, 3.63) is 82.9 Å². The summed E-state index contributed by atoms with van der Waals surface area (Å²) in [5, 5.41) is 3.11. The number of rotatable bonds is 6. The van der Waals surface area contributed by atoms with Crippen molar-refractivity contribution >= 4 is 54.8 Å². The number of carbonyl (C=O) groups excluding carboxylic acids is 1. The number of pyridine rings is 1. The third-order valence-corrected chi connectivity index (χ3v) is 6.66. The number of hydrogen-bond donors (Lipinski definition) is 2. The Hall–Kier alpha value is -3.08. The number of hydrogen-bond acceptors (Lipinski definition) is 6. The molecule has 4 rings (SSSR count). The topological polar surface area (TPSA) is 101 Å². The minimum absolute atomic E-state index is 0.00565. The number of fused-ring (bicyclic) bond motifs is 1. The molecule has 0 saturated carbocycles. The SMILES string of the molecule is O=C(NCc1ccc(F)cc1)c1ccc(Cl)cc1NS(=O)(=O)c1nccc2sncc12. The third kappa shape index (κ3) is 4.66. The smallest absolute Gasteiger partial charge is 0.280 e. The number of sulfonamides is 1. The fourth-order valence-electron chi connectivity index (χ4n) is 2.86. The molecule has 1 amide bonds. The fourth-order valence-corrected chi connectivity index (χ4v) is 4.94. The van der Waals surface area contributed by atoms with Gasteiger partial charge in [-0.05, 0) is 53.5 Å². The first-order chi connectivity index (χ1) is 14.8. The first kappa shape index (κ1) is 21.2. The largest absolute Gasteiger partial charge is 0.348 e. The van der Waals surface area contributed by atoms with Gasteiger partial charge in [0.1, 0.15) is 5.82 Å². The Bertz CT molecular complexity index is 1370. The first-order valence-electron chi connectivity index (χ1n) is 8.88. The Balaban J connectivity index is 1.61.